The van der Waals surface area contributed by atoms with Gasteiger partial charge in [0.05, 0.1) is 26.0 Å². The molecule has 54 heavy (non-hydrogen) atoms. The van der Waals surface area contributed by atoms with Crippen LogP contribution < -0.4 is 24.9 Å². The zero-order valence-corrected chi connectivity index (χ0v) is 32.0. The molecule has 292 valence electrons. The van der Waals surface area contributed by atoms with Crippen LogP contribution in [0.4, 0.5) is 4.79 Å². The molecule has 4 rings (SSSR count). The quantitative estimate of drug-likeness (QED) is 0.0674. The number of carbonyl (C=O) groups excluding carboxylic acids is 3. The number of benzene rings is 3. The van der Waals surface area contributed by atoms with E-state index in [2.05, 4.69) is 29.5 Å². The van der Waals surface area contributed by atoms with Crippen molar-refractivity contribution in [2.45, 2.75) is 77.2 Å². The van der Waals surface area contributed by atoms with Crippen LogP contribution in [0.5, 0.6) is 17.2 Å². The predicted octanol–water partition coefficient (Wildman–Crippen LogP) is 4.85. The lowest BCUT2D eigenvalue weighted by molar-refractivity contribution is -0.157. The van der Waals surface area contributed by atoms with Gasteiger partial charge in [0, 0.05) is 31.6 Å². The third-order valence-electron chi connectivity index (χ3n) is 9.07. The van der Waals surface area contributed by atoms with Gasteiger partial charge in [-0.1, -0.05) is 99.7 Å². The van der Waals surface area contributed by atoms with Crippen LogP contribution in [0.15, 0.2) is 85.5 Å². The summed E-state index contributed by atoms with van der Waals surface area (Å²) in [5, 5.41) is 18.7. The highest BCUT2D eigenvalue weighted by Gasteiger charge is 2.44. The highest BCUT2D eigenvalue weighted by atomic mass is 32.2. The Morgan fingerprint density at radius 1 is 0.963 bits per heavy atom. The molecular formula is C40H53N5O8S. The largest absolute Gasteiger partial charge is 0.508 e. The Bertz CT molecular complexity index is 1790. The molecule has 0 radical (unpaired) electrons. The molecule has 1 aliphatic rings. The van der Waals surface area contributed by atoms with Crippen LogP contribution >= 0.6 is 0 Å². The second kappa shape index (κ2) is 21.0. The number of carbonyl (C=O) groups is 3. The number of aromatic hydroxyl groups is 1. The zero-order chi connectivity index (χ0) is 38.9. The molecular weight excluding hydrogens is 711 g/mol. The molecule has 0 spiro atoms. The van der Waals surface area contributed by atoms with Crippen LogP contribution in [0, 0.1) is 0 Å². The molecule has 13 nitrogen and oxygen atoms in total. The molecule has 0 saturated carbocycles. The summed E-state index contributed by atoms with van der Waals surface area (Å²) in [4.78, 5) is 44.7. The fraction of sp³-hybridized carbons (Fsp3) is 0.425. The number of nitrogens with one attached hydrogen (secondary N) is 3. The Hall–Kier alpha value is -5.08. The number of unbranched alkanes of at least 4 members (excludes halogenated alkanes) is 5. The molecule has 3 aromatic carbocycles. The number of amides is 4. The highest BCUT2D eigenvalue weighted by molar-refractivity contribution is 7.87. The summed E-state index contributed by atoms with van der Waals surface area (Å²) in [7, 11) is -2.61. The SMILES string of the molecule is C=CCNCC(=O)N1[C@@H](NC(=O)NCc2ccccc2)CN(Cc2cccc(OC)c2OS(=O)(=O)CCCCCCCC)C(=O)[C@@H]1Cc1ccc(O)cc1. The summed E-state index contributed by atoms with van der Waals surface area (Å²) in [5.74, 6) is -0.812. The zero-order valence-electron chi connectivity index (χ0n) is 31.2. The first-order valence-corrected chi connectivity index (χ1v) is 20.0. The summed E-state index contributed by atoms with van der Waals surface area (Å²) in [6.45, 7) is 6.04. The topological polar surface area (TPSA) is 167 Å². The van der Waals surface area contributed by atoms with E-state index in [4.69, 9.17) is 8.92 Å². The molecule has 2 atom stereocenters. The van der Waals surface area contributed by atoms with E-state index in [-0.39, 0.29) is 55.6 Å². The summed E-state index contributed by atoms with van der Waals surface area (Å²) >= 11 is 0. The minimum absolute atomic E-state index is 0.0221. The number of phenolic OH excluding ortho intramolecular Hbond substituents is 1. The third-order valence-corrected chi connectivity index (χ3v) is 10.3. The van der Waals surface area contributed by atoms with Gasteiger partial charge < -0.3 is 39.8 Å². The van der Waals surface area contributed by atoms with Crippen LogP contribution in [0.3, 0.4) is 0 Å². The van der Waals surface area contributed by atoms with Crippen molar-refractivity contribution in [3.05, 3.63) is 102 Å². The Labute approximate surface area is 318 Å². The lowest BCUT2D eigenvalue weighted by atomic mass is 9.99. The van der Waals surface area contributed by atoms with Crippen LogP contribution in [0.2, 0.25) is 0 Å². The van der Waals surface area contributed by atoms with Crippen molar-refractivity contribution in [1.29, 1.82) is 0 Å². The molecule has 1 fully saturated rings. The van der Waals surface area contributed by atoms with Gasteiger partial charge in [0.2, 0.25) is 11.8 Å². The molecule has 0 bridgehead atoms. The highest BCUT2D eigenvalue weighted by Crippen LogP contribution is 2.34. The van der Waals surface area contributed by atoms with E-state index in [0.717, 1.165) is 37.7 Å². The van der Waals surface area contributed by atoms with Crippen molar-refractivity contribution in [3.63, 3.8) is 0 Å². The number of para-hydroxylation sites is 1. The van der Waals surface area contributed by atoms with Crippen LogP contribution in [0.1, 0.15) is 62.1 Å². The molecule has 1 saturated heterocycles. The molecule has 1 aliphatic heterocycles. The van der Waals surface area contributed by atoms with Gasteiger partial charge >= 0.3 is 16.1 Å². The molecule has 0 aromatic heterocycles. The van der Waals surface area contributed by atoms with Crippen molar-refractivity contribution in [2.24, 2.45) is 0 Å². The number of hydrogen-bond acceptors (Lipinski definition) is 9. The molecule has 3 aromatic rings. The summed E-state index contributed by atoms with van der Waals surface area (Å²) in [6, 6.07) is 19.0. The van der Waals surface area contributed by atoms with Gasteiger partial charge in [0.25, 0.3) is 0 Å². The predicted molar refractivity (Wildman–Crippen MR) is 207 cm³/mol. The number of nitrogens with zero attached hydrogens (tertiary/aromatic N) is 2. The number of phenols is 1. The number of hydrogen-bond donors (Lipinski definition) is 4. The van der Waals surface area contributed by atoms with Gasteiger partial charge in [-0.15, -0.1) is 6.58 Å². The smallest absolute Gasteiger partial charge is 0.316 e. The molecule has 0 aliphatic carbocycles. The Morgan fingerprint density at radius 2 is 1.69 bits per heavy atom. The van der Waals surface area contributed by atoms with Crippen LogP contribution in [-0.2, 0) is 39.2 Å². The van der Waals surface area contributed by atoms with Crippen LogP contribution in [0.25, 0.3) is 0 Å². The Morgan fingerprint density at radius 3 is 2.39 bits per heavy atom. The van der Waals surface area contributed by atoms with Gasteiger partial charge in [0.1, 0.15) is 18.0 Å². The maximum absolute atomic E-state index is 14.5. The van der Waals surface area contributed by atoms with E-state index in [9.17, 15) is 27.9 Å². The minimum atomic E-state index is -4.01. The van der Waals surface area contributed by atoms with Gasteiger partial charge in [-0.2, -0.15) is 8.42 Å². The van der Waals surface area contributed by atoms with Gasteiger partial charge in [-0.05, 0) is 35.7 Å². The second-order valence-electron chi connectivity index (χ2n) is 13.2. The van der Waals surface area contributed by atoms with Gasteiger partial charge in [-0.25, -0.2) is 4.79 Å². The summed E-state index contributed by atoms with van der Waals surface area (Å²) < 4.78 is 37.7. The first kappa shape index (κ1) is 41.7. The molecule has 1 heterocycles. The fourth-order valence-corrected chi connectivity index (χ4v) is 7.39. The van der Waals surface area contributed by atoms with Crippen molar-refractivity contribution in [2.75, 3.05) is 32.5 Å². The normalized spacial score (nSPS) is 15.8. The van der Waals surface area contributed by atoms with E-state index in [1.807, 2.05) is 30.3 Å². The lowest BCUT2D eigenvalue weighted by Gasteiger charge is -2.46. The van der Waals surface area contributed by atoms with Crippen molar-refractivity contribution >= 4 is 28.0 Å². The average Bonchev–Trinajstić information content (AvgIpc) is 3.16. The Kier molecular flexibility index (Phi) is 16.2. The maximum atomic E-state index is 14.5. The Balaban J connectivity index is 1.65. The van der Waals surface area contributed by atoms with Crippen molar-refractivity contribution < 1.29 is 36.8 Å². The molecule has 14 heteroatoms. The number of ether oxygens (including phenoxy) is 1. The maximum Gasteiger partial charge on any atom is 0.316 e. The van der Waals surface area contributed by atoms with Gasteiger partial charge in [-0.3, -0.25) is 9.59 Å². The third kappa shape index (κ3) is 12.5. The number of methoxy groups -OCH3 is 1. The lowest BCUT2D eigenvalue weighted by Crippen LogP contribution is -2.69. The first-order chi connectivity index (χ1) is 26.0. The van der Waals surface area contributed by atoms with E-state index < -0.39 is 40.2 Å². The van der Waals surface area contributed by atoms with Crippen molar-refractivity contribution in [1.82, 2.24) is 25.8 Å². The monoisotopic (exact) mass is 763 g/mol. The van der Waals surface area contributed by atoms with E-state index in [1.165, 1.54) is 29.0 Å². The average molecular weight is 764 g/mol. The van der Waals surface area contributed by atoms with Crippen molar-refractivity contribution in [3.8, 4) is 17.2 Å². The second-order valence-corrected chi connectivity index (χ2v) is 14.9. The minimum Gasteiger partial charge on any atom is -0.508 e. The molecule has 0 unspecified atom stereocenters. The summed E-state index contributed by atoms with van der Waals surface area (Å²) in [5.41, 5.74) is 1.91. The fourth-order valence-electron chi connectivity index (χ4n) is 6.31. The number of urea groups is 1. The van der Waals surface area contributed by atoms with E-state index >= 15 is 0 Å². The van der Waals surface area contributed by atoms with E-state index in [0.29, 0.717) is 24.1 Å². The molecule has 4 N–H and O–H groups in total. The standard InChI is InChI=1S/C40H53N5O8S/c1-4-6-7-8-9-13-24-54(50,51)53-38-32(17-14-18-35(38)52-3)28-44-29-36(43-40(49)42-26-31-15-11-10-12-16-31)45(37(47)27-41-23-5-2)34(39(44)48)25-30-19-21-33(46)22-20-30/h5,10-12,14-22,34,36,41,46H,2,4,6-9,13,23-29H2,1,3H3,(H2,42,43,49)/t34-,36+/m0/s1. The number of piperazine rings is 1. The van der Waals surface area contributed by atoms with Gasteiger partial charge in [0.15, 0.2) is 11.5 Å². The van der Waals surface area contributed by atoms with E-state index in [1.54, 1.807) is 36.4 Å². The first-order valence-electron chi connectivity index (χ1n) is 18.4. The number of rotatable bonds is 21. The van der Waals surface area contributed by atoms with Crippen LogP contribution in [-0.4, -0.2) is 85.9 Å². The summed E-state index contributed by atoms with van der Waals surface area (Å²) in [6.07, 6.45) is 6.09. The molecule has 4 amide bonds.